The highest BCUT2D eigenvalue weighted by Crippen LogP contribution is 2.40. The number of aromatic nitrogens is 2. The Morgan fingerprint density at radius 2 is 2.14 bits per heavy atom. The van der Waals surface area contributed by atoms with Crippen molar-refractivity contribution in [1.82, 2.24) is 15.5 Å². The summed E-state index contributed by atoms with van der Waals surface area (Å²) in [7, 11) is 1.79. The van der Waals surface area contributed by atoms with E-state index in [-0.39, 0.29) is 6.10 Å². The van der Waals surface area contributed by atoms with E-state index in [1.54, 1.807) is 7.11 Å². The van der Waals surface area contributed by atoms with Gasteiger partial charge in [-0.25, -0.2) is 0 Å². The Morgan fingerprint density at radius 1 is 1.29 bits per heavy atom. The van der Waals surface area contributed by atoms with Gasteiger partial charge < -0.3 is 19.3 Å². The fraction of sp³-hybridized carbons (Fsp3) is 0.867. The van der Waals surface area contributed by atoms with Crippen molar-refractivity contribution in [2.45, 2.75) is 56.3 Å². The lowest BCUT2D eigenvalue weighted by atomic mass is 9.88. The Kier molecular flexibility index (Phi) is 3.69. The number of hydrogen-bond donors (Lipinski definition) is 1. The molecule has 0 unspecified atom stereocenters. The predicted molar refractivity (Wildman–Crippen MR) is 74.9 cm³/mol. The quantitative estimate of drug-likeness (QED) is 0.862. The van der Waals surface area contributed by atoms with E-state index in [2.05, 4.69) is 15.5 Å². The fourth-order valence-corrected chi connectivity index (χ4v) is 3.23. The number of nitrogens with one attached hydrogen (secondary N) is 1. The maximum absolute atomic E-state index is 5.83. The first-order chi connectivity index (χ1) is 10.3. The summed E-state index contributed by atoms with van der Waals surface area (Å²) in [5, 5.41) is 7.71. The normalized spacial score (nSPS) is 35.9. The average molecular weight is 293 g/mol. The molecule has 2 aliphatic carbocycles. The molecule has 1 aromatic rings. The standard InChI is InChI=1S/C15H23N3O3/c1-19-12-6-11(7-12)16-8-10-4-5-20-13(10)15-17-14(18-21-15)9-2-3-9/h9-13,16H,2-8H2,1H3/t10-,11?,12?,13-/m0/s1. The van der Waals surface area contributed by atoms with Gasteiger partial charge in [0.05, 0.1) is 6.10 Å². The topological polar surface area (TPSA) is 69.4 Å². The molecule has 0 aromatic carbocycles. The molecule has 2 saturated carbocycles. The lowest BCUT2D eigenvalue weighted by molar-refractivity contribution is 0.0136. The van der Waals surface area contributed by atoms with E-state index in [0.29, 0.717) is 29.9 Å². The summed E-state index contributed by atoms with van der Waals surface area (Å²) in [4.78, 5) is 4.54. The SMILES string of the molecule is COC1CC(NC[C@@H]2CCO[C@@H]2c2nc(C3CC3)no2)C1. The summed E-state index contributed by atoms with van der Waals surface area (Å²) >= 11 is 0. The van der Waals surface area contributed by atoms with Gasteiger partial charge in [0.2, 0.25) is 0 Å². The van der Waals surface area contributed by atoms with Crippen LogP contribution in [-0.2, 0) is 9.47 Å². The van der Waals surface area contributed by atoms with Gasteiger partial charge in [-0.2, -0.15) is 4.98 Å². The minimum atomic E-state index is -0.0317. The van der Waals surface area contributed by atoms with Crippen molar-refractivity contribution in [3.05, 3.63) is 11.7 Å². The van der Waals surface area contributed by atoms with Crippen LogP contribution in [0.5, 0.6) is 0 Å². The van der Waals surface area contributed by atoms with Crippen LogP contribution in [0, 0.1) is 5.92 Å². The van der Waals surface area contributed by atoms with Crippen LogP contribution in [0.15, 0.2) is 4.52 Å². The number of ether oxygens (including phenoxy) is 2. The van der Waals surface area contributed by atoms with Crippen LogP contribution in [0.25, 0.3) is 0 Å². The lowest BCUT2D eigenvalue weighted by Crippen LogP contribution is -2.46. The van der Waals surface area contributed by atoms with Gasteiger partial charge >= 0.3 is 0 Å². The highest BCUT2D eigenvalue weighted by molar-refractivity contribution is 5.05. The summed E-state index contributed by atoms with van der Waals surface area (Å²) in [6.07, 6.45) is 6.07. The predicted octanol–water partition coefficient (Wildman–Crippen LogP) is 1.79. The highest BCUT2D eigenvalue weighted by Gasteiger charge is 2.37. The molecule has 1 saturated heterocycles. The zero-order chi connectivity index (χ0) is 14.2. The number of nitrogens with zero attached hydrogens (tertiary/aromatic N) is 2. The van der Waals surface area contributed by atoms with Crippen molar-refractivity contribution >= 4 is 0 Å². The van der Waals surface area contributed by atoms with Crippen LogP contribution in [0.3, 0.4) is 0 Å². The van der Waals surface area contributed by atoms with Gasteiger partial charge in [-0.3, -0.25) is 0 Å². The first-order valence-electron chi connectivity index (χ1n) is 8.04. The molecular weight excluding hydrogens is 270 g/mol. The van der Waals surface area contributed by atoms with Crippen molar-refractivity contribution < 1.29 is 14.0 Å². The molecule has 3 fully saturated rings. The second kappa shape index (κ2) is 5.66. The third-order valence-corrected chi connectivity index (χ3v) is 4.95. The molecule has 1 aromatic heterocycles. The molecule has 2 heterocycles. The van der Waals surface area contributed by atoms with E-state index in [9.17, 15) is 0 Å². The molecular formula is C15H23N3O3. The first-order valence-corrected chi connectivity index (χ1v) is 8.04. The average Bonchev–Trinajstić information content (AvgIpc) is 3.00. The van der Waals surface area contributed by atoms with E-state index in [4.69, 9.17) is 14.0 Å². The van der Waals surface area contributed by atoms with Gasteiger partial charge in [0.1, 0.15) is 6.10 Å². The van der Waals surface area contributed by atoms with Gasteiger partial charge in [-0.1, -0.05) is 5.16 Å². The highest BCUT2D eigenvalue weighted by atomic mass is 16.5. The van der Waals surface area contributed by atoms with Crippen molar-refractivity contribution in [2.24, 2.45) is 5.92 Å². The molecule has 21 heavy (non-hydrogen) atoms. The molecule has 1 N–H and O–H groups in total. The lowest BCUT2D eigenvalue weighted by Gasteiger charge is -2.35. The van der Waals surface area contributed by atoms with Crippen LogP contribution in [0.2, 0.25) is 0 Å². The zero-order valence-electron chi connectivity index (χ0n) is 12.5. The Labute approximate surface area is 124 Å². The first kappa shape index (κ1) is 13.7. The van der Waals surface area contributed by atoms with Crippen molar-refractivity contribution in [3.8, 4) is 0 Å². The molecule has 0 radical (unpaired) electrons. The van der Waals surface area contributed by atoms with Crippen LogP contribution in [0.1, 0.15) is 55.8 Å². The maximum Gasteiger partial charge on any atom is 0.256 e. The van der Waals surface area contributed by atoms with E-state index < -0.39 is 0 Å². The Hall–Kier alpha value is -0.980. The minimum Gasteiger partial charge on any atom is -0.381 e. The second-order valence-electron chi connectivity index (χ2n) is 6.54. The van der Waals surface area contributed by atoms with Crippen LogP contribution in [0.4, 0.5) is 0 Å². The summed E-state index contributed by atoms with van der Waals surface area (Å²) in [6, 6.07) is 0.584. The van der Waals surface area contributed by atoms with Gasteiger partial charge in [-0.15, -0.1) is 0 Å². The molecule has 1 aliphatic heterocycles. The summed E-state index contributed by atoms with van der Waals surface area (Å²) in [5.74, 6) is 2.50. The molecule has 3 aliphatic rings. The molecule has 2 atom stereocenters. The van der Waals surface area contributed by atoms with Crippen LogP contribution < -0.4 is 5.32 Å². The number of hydrogen-bond acceptors (Lipinski definition) is 6. The van der Waals surface area contributed by atoms with E-state index in [1.165, 1.54) is 12.8 Å². The third-order valence-electron chi connectivity index (χ3n) is 4.95. The van der Waals surface area contributed by atoms with Crippen molar-refractivity contribution in [2.75, 3.05) is 20.3 Å². The molecule has 4 rings (SSSR count). The summed E-state index contributed by atoms with van der Waals surface area (Å²) < 4.78 is 16.6. The van der Waals surface area contributed by atoms with Crippen molar-refractivity contribution in [3.63, 3.8) is 0 Å². The maximum atomic E-state index is 5.83. The van der Waals surface area contributed by atoms with Gasteiger partial charge in [-0.05, 0) is 32.1 Å². The van der Waals surface area contributed by atoms with E-state index >= 15 is 0 Å². The number of rotatable bonds is 6. The second-order valence-corrected chi connectivity index (χ2v) is 6.54. The molecule has 0 spiro atoms. The molecule has 0 bridgehead atoms. The van der Waals surface area contributed by atoms with E-state index in [0.717, 1.165) is 38.2 Å². The third kappa shape index (κ3) is 2.84. The molecule has 6 nitrogen and oxygen atoms in total. The largest absolute Gasteiger partial charge is 0.381 e. The molecule has 0 amide bonds. The zero-order valence-corrected chi connectivity index (χ0v) is 12.5. The Balaban J connectivity index is 1.31. The minimum absolute atomic E-state index is 0.0317. The Morgan fingerprint density at radius 3 is 2.90 bits per heavy atom. The van der Waals surface area contributed by atoms with Crippen molar-refractivity contribution in [1.29, 1.82) is 0 Å². The fourth-order valence-electron chi connectivity index (χ4n) is 3.23. The Bertz CT molecular complexity index is 482. The smallest absolute Gasteiger partial charge is 0.256 e. The van der Waals surface area contributed by atoms with Gasteiger partial charge in [0.15, 0.2) is 5.82 Å². The monoisotopic (exact) mass is 293 g/mol. The molecule has 6 heteroatoms. The summed E-state index contributed by atoms with van der Waals surface area (Å²) in [6.45, 7) is 1.73. The van der Waals surface area contributed by atoms with Gasteiger partial charge in [0, 0.05) is 38.1 Å². The van der Waals surface area contributed by atoms with E-state index in [1.807, 2.05) is 0 Å². The molecule has 116 valence electrons. The van der Waals surface area contributed by atoms with Gasteiger partial charge in [0.25, 0.3) is 5.89 Å². The van der Waals surface area contributed by atoms with Crippen LogP contribution >= 0.6 is 0 Å². The number of methoxy groups -OCH3 is 1. The van der Waals surface area contributed by atoms with Crippen LogP contribution in [-0.4, -0.2) is 42.5 Å². The summed E-state index contributed by atoms with van der Waals surface area (Å²) in [5.41, 5.74) is 0.